The number of nitrogens with one attached hydrogen (secondary N) is 2. The Kier molecular flexibility index (Phi) is 6.91. The van der Waals surface area contributed by atoms with Crippen LogP contribution in [0.25, 0.3) is 6.08 Å². The summed E-state index contributed by atoms with van der Waals surface area (Å²) in [5, 5.41) is 5.53. The van der Waals surface area contributed by atoms with Crippen molar-refractivity contribution in [3.05, 3.63) is 60.1 Å². The highest BCUT2D eigenvalue weighted by molar-refractivity contribution is 7.80. The van der Waals surface area contributed by atoms with Crippen molar-refractivity contribution in [3.8, 4) is 0 Å². The third-order valence-electron chi connectivity index (χ3n) is 2.99. The summed E-state index contributed by atoms with van der Waals surface area (Å²) in [6.45, 7) is 2.32. The number of ether oxygens (including phenoxy) is 1. The van der Waals surface area contributed by atoms with Gasteiger partial charge in [-0.05, 0) is 61.1 Å². The standard InChI is InChI=1S/C18H18N2O4S/c1-2-11-24-17(22)13-5-7-14(8-6-13)19-18(25)20-16(21)10-9-15-4-3-12-23-15/h3-10,12H,2,11H2,1H3,(H2,19,20,21,25)/b10-9+. The van der Waals surface area contributed by atoms with Crippen molar-refractivity contribution in [3.63, 3.8) is 0 Å². The fraction of sp³-hybridized carbons (Fsp3) is 0.167. The topological polar surface area (TPSA) is 80.6 Å². The van der Waals surface area contributed by atoms with E-state index in [1.807, 2.05) is 6.92 Å². The van der Waals surface area contributed by atoms with Gasteiger partial charge < -0.3 is 14.5 Å². The molecule has 0 saturated heterocycles. The average Bonchev–Trinajstić information content (AvgIpc) is 3.12. The molecule has 1 aromatic heterocycles. The zero-order valence-electron chi connectivity index (χ0n) is 13.7. The lowest BCUT2D eigenvalue weighted by molar-refractivity contribution is -0.115. The molecule has 0 bridgehead atoms. The van der Waals surface area contributed by atoms with E-state index < -0.39 is 0 Å². The largest absolute Gasteiger partial charge is 0.465 e. The number of esters is 1. The molecule has 0 fully saturated rings. The van der Waals surface area contributed by atoms with Crippen LogP contribution in [-0.2, 0) is 9.53 Å². The molecular formula is C18H18N2O4S. The van der Waals surface area contributed by atoms with E-state index in [-0.39, 0.29) is 17.0 Å². The zero-order valence-corrected chi connectivity index (χ0v) is 14.5. The van der Waals surface area contributed by atoms with Crippen LogP contribution in [0.4, 0.5) is 5.69 Å². The number of carbonyl (C=O) groups excluding carboxylic acids is 2. The molecule has 0 saturated carbocycles. The summed E-state index contributed by atoms with van der Waals surface area (Å²) in [6.07, 6.45) is 5.15. The second-order valence-corrected chi connectivity index (χ2v) is 5.41. The highest BCUT2D eigenvalue weighted by Gasteiger charge is 2.07. The van der Waals surface area contributed by atoms with Crippen LogP contribution in [0, 0.1) is 0 Å². The molecule has 0 aliphatic rings. The predicted octanol–water partition coefficient (Wildman–Crippen LogP) is 3.37. The van der Waals surface area contributed by atoms with Gasteiger partial charge in [0, 0.05) is 11.8 Å². The second-order valence-electron chi connectivity index (χ2n) is 5.01. The van der Waals surface area contributed by atoms with E-state index >= 15 is 0 Å². The zero-order chi connectivity index (χ0) is 18.1. The summed E-state index contributed by atoms with van der Waals surface area (Å²) in [5.74, 6) is -0.180. The molecule has 0 unspecified atom stereocenters. The third kappa shape index (κ3) is 6.23. The molecule has 1 heterocycles. The molecule has 0 atom stereocenters. The quantitative estimate of drug-likeness (QED) is 0.468. The molecule has 7 heteroatoms. The summed E-state index contributed by atoms with van der Waals surface area (Å²) in [5.41, 5.74) is 1.10. The Balaban J connectivity index is 1.83. The number of furan rings is 1. The molecule has 6 nitrogen and oxygen atoms in total. The maximum absolute atomic E-state index is 11.8. The van der Waals surface area contributed by atoms with E-state index in [0.717, 1.165) is 6.42 Å². The van der Waals surface area contributed by atoms with Crippen molar-refractivity contribution in [2.45, 2.75) is 13.3 Å². The van der Waals surface area contributed by atoms with Crippen molar-refractivity contribution >= 4 is 41.0 Å². The molecule has 1 amide bonds. The average molecular weight is 358 g/mol. The van der Waals surface area contributed by atoms with E-state index in [4.69, 9.17) is 21.4 Å². The molecule has 2 rings (SSSR count). The van der Waals surface area contributed by atoms with Gasteiger partial charge in [0.1, 0.15) is 5.76 Å². The van der Waals surface area contributed by atoms with Crippen molar-refractivity contribution < 1.29 is 18.7 Å². The predicted molar refractivity (Wildman–Crippen MR) is 99.1 cm³/mol. The van der Waals surface area contributed by atoms with Crippen molar-refractivity contribution in [1.29, 1.82) is 0 Å². The van der Waals surface area contributed by atoms with Crippen LogP contribution in [0.1, 0.15) is 29.5 Å². The van der Waals surface area contributed by atoms with Crippen molar-refractivity contribution in [1.82, 2.24) is 5.32 Å². The molecule has 0 radical (unpaired) electrons. The molecule has 0 aliphatic carbocycles. The summed E-state index contributed by atoms with van der Waals surface area (Å²) in [7, 11) is 0. The molecule has 130 valence electrons. The molecule has 25 heavy (non-hydrogen) atoms. The van der Waals surface area contributed by atoms with Gasteiger partial charge in [-0.15, -0.1) is 0 Å². The minimum atomic E-state index is -0.381. The van der Waals surface area contributed by atoms with Gasteiger partial charge in [0.05, 0.1) is 18.4 Å². The molecular weight excluding hydrogens is 340 g/mol. The molecule has 0 spiro atoms. The van der Waals surface area contributed by atoms with Gasteiger partial charge in [-0.3, -0.25) is 10.1 Å². The first-order valence-corrected chi connectivity index (χ1v) is 8.10. The number of amides is 1. The van der Waals surface area contributed by atoms with Crippen LogP contribution in [0.3, 0.4) is 0 Å². The SMILES string of the molecule is CCCOC(=O)c1ccc(NC(=S)NC(=O)/C=C/c2ccco2)cc1. The molecule has 2 aromatic rings. The van der Waals surface area contributed by atoms with Crippen molar-refractivity contribution in [2.24, 2.45) is 0 Å². The Hall–Kier alpha value is -2.93. The van der Waals surface area contributed by atoms with E-state index in [0.29, 0.717) is 23.6 Å². The second kappa shape index (κ2) is 9.39. The first-order valence-electron chi connectivity index (χ1n) is 7.69. The molecule has 0 aliphatic heterocycles. The summed E-state index contributed by atoms with van der Waals surface area (Å²) in [4.78, 5) is 23.5. The Morgan fingerprint density at radius 1 is 1.24 bits per heavy atom. The summed E-state index contributed by atoms with van der Waals surface area (Å²) < 4.78 is 10.1. The van der Waals surface area contributed by atoms with Crippen molar-refractivity contribution in [2.75, 3.05) is 11.9 Å². The van der Waals surface area contributed by atoms with Gasteiger partial charge >= 0.3 is 5.97 Å². The van der Waals surface area contributed by atoms with Crippen LogP contribution >= 0.6 is 12.2 Å². The molecule has 2 N–H and O–H groups in total. The number of benzene rings is 1. The lowest BCUT2D eigenvalue weighted by Crippen LogP contribution is -2.32. The van der Waals surface area contributed by atoms with Crippen LogP contribution in [0.5, 0.6) is 0 Å². The number of hydrogen-bond acceptors (Lipinski definition) is 5. The van der Waals surface area contributed by atoms with Gasteiger partial charge in [0.2, 0.25) is 5.91 Å². The van der Waals surface area contributed by atoms with Gasteiger partial charge in [-0.25, -0.2) is 4.79 Å². The lowest BCUT2D eigenvalue weighted by atomic mass is 10.2. The van der Waals surface area contributed by atoms with Crippen LogP contribution in [0.2, 0.25) is 0 Å². The monoisotopic (exact) mass is 358 g/mol. The van der Waals surface area contributed by atoms with E-state index in [1.165, 1.54) is 18.4 Å². The fourth-order valence-electron chi connectivity index (χ4n) is 1.83. The maximum atomic E-state index is 11.8. The summed E-state index contributed by atoms with van der Waals surface area (Å²) >= 11 is 5.08. The number of anilines is 1. The van der Waals surface area contributed by atoms with Crippen LogP contribution in [-0.4, -0.2) is 23.6 Å². The van der Waals surface area contributed by atoms with Gasteiger partial charge in [-0.1, -0.05) is 6.92 Å². The van der Waals surface area contributed by atoms with Gasteiger partial charge in [0.15, 0.2) is 5.11 Å². The van der Waals surface area contributed by atoms with E-state index in [1.54, 1.807) is 36.4 Å². The number of carbonyl (C=O) groups is 2. The maximum Gasteiger partial charge on any atom is 0.338 e. The van der Waals surface area contributed by atoms with Crippen LogP contribution < -0.4 is 10.6 Å². The smallest absolute Gasteiger partial charge is 0.338 e. The Morgan fingerprint density at radius 3 is 2.64 bits per heavy atom. The third-order valence-corrected chi connectivity index (χ3v) is 3.20. The normalized spacial score (nSPS) is 10.4. The number of rotatable bonds is 6. The number of thiocarbonyl (C=S) groups is 1. The van der Waals surface area contributed by atoms with Gasteiger partial charge in [-0.2, -0.15) is 0 Å². The first kappa shape index (κ1) is 18.4. The minimum absolute atomic E-state index is 0.149. The summed E-state index contributed by atoms with van der Waals surface area (Å²) in [6, 6.07) is 10.1. The highest BCUT2D eigenvalue weighted by atomic mass is 32.1. The van der Waals surface area contributed by atoms with Crippen LogP contribution in [0.15, 0.2) is 53.2 Å². The van der Waals surface area contributed by atoms with E-state index in [2.05, 4.69) is 10.6 Å². The minimum Gasteiger partial charge on any atom is -0.465 e. The lowest BCUT2D eigenvalue weighted by Gasteiger charge is -2.09. The van der Waals surface area contributed by atoms with E-state index in [9.17, 15) is 9.59 Å². The fourth-order valence-corrected chi connectivity index (χ4v) is 2.05. The molecule has 1 aromatic carbocycles. The van der Waals surface area contributed by atoms with Gasteiger partial charge in [0.25, 0.3) is 0 Å². The Morgan fingerprint density at radius 2 is 2.00 bits per heavy atom. The Labute approximate surface area is 150 Å². The first-order chi connectivity index (χ1) is 12.1. The highest BCUT2D eigenvalue weighted by Crippen LogP contribution is 2.10. The Bertz CT molecular complexity index is 752. The number of hydrogen-bond donors (Lipinski definition) is 2.